The summed E-state index contributed by atoms with van der Waals surface area (Å²) in [6.45, 7) is 3.47. The van der Waals surface area contributed by atoms with Crippen LogP contribution in [0.5, 0.6) is 11.5 Å². The zero-order chi connectivity index (χ0) is 17.5. The molecule has 0 aliphatic carbocycles. The van der Waals surface area contributed by atoms with Gasteiger partial charge in [0.2, 0.25) is 0 Å². The average Bonchev–Trinajstić information content (AvgIpc) is 2.67. The van der Waals surface area contributed by atoms with Crippen LogP contribution in [0.15, 0.2) is 78.9 Å². The van der Waals surface area contributed by atoms with E-state index in [0.29, 0.717) is 12.4 Å². The standard InChI is InChI=1S/C22H23NO2/c1-17(23-15-18-7-11-21(24)12-8-18)20-9-13-22(14-10-20)25-16-19-5-3-2-4-6-19/h2-14,17,23-24H,15-16H2,1H3. The molecule has 0 radical (unpaired) electrons. The lowest BCUT2D eigenvalue weighted by molar-refractivity contribution is 0.306. The predicted molar refractivity (Wildman–Crippen MR) is 101 cm³/mol. The third-order valence-electron chi connectivity index (χ3n) is 4.18. The van der Waals surface area contributed by atoms with Crippen LogP contribution < -0.4 is 10.1 Å². The van der Waals surface area contributed by atoms with Crippen molar-refractivity contribution in [3.8, 4) is 11.5 Å². The first-order valence-electron chi connectivity index (χ1n) is 8.49. The summed E-state index contributed by atoms with van der Waals surface area (Å²) in [5.41, 5.74) is 3.52. The molecule has 0 heterocycles. The van der Waals surface area contributed by atoms with Crippen LogP contribution >= 0.6 is 0 Å². The Morgan fingerprint density at radius 3 is 2.20 bits per heavy atom. The highest BCUT2D eigenvalue weighted by molar-refractivity contribution is 5.30. The second kappa shape index (κ2) is 8.36. The number of phenols is 1. The predicted octanol–water partition coefficient (Wildman–Crippen LogP) is 4.82. The number of rotatable bonds is 7. The van der Waals surface area contributed by atoms with Crippen LogP contribution in [0.4, 0.5) is 0 Å². The fraction of sp³-hybridized carbons (Fsp3) is 0.182. The van der Waals surface area contributed by atoms with E-state index in [1.807, 2.05) is 42.5 Å². The normalized spacial score (nSPS) is 11.9. The van der Waals surface area contributed by atoms with Gasteiger partial charge in [-0.2, -0.15) is 0 Å². The maximum atomic E-state index is 9.32. The molecule has 0 aliphatic rings. The van der Waals surface area contributed by atoms with Crippen molar-refractivity contribution in [2.24, 2.45) is 0 Å². The summed E-state index contributed by atoms with van der Waals surface area (Å²) >= 11 is 0. The van der Waals surface area contributed by atoms with E-state index in [-0.39, 0.29) is 6.04 Å². The van der Waals surface area contributed by atoms with E-state index in [1.54, 1.807) is 12.1 Å². The number of hydrogen-bond acceptors (Lipinski definition) is 3. The molecule has 0 spiro atoms. The summed E-state index contributed by atoms with van der Waals surface area (Å²) in [5.74, 6) is 1.17. The molecule has 1 unspecified atom stereocenters. The van der Waals surface area contributed by atoms with Crippen molar-refractivity contribution < 1.29 is 9.84 Å². The Kier molecular flexibility index (Phi) is 5.70. The van der Waals surface area contributed by atoms with Crippen molar-refractivity contribution in [3.05, 3.63) is 95.6 Å². The minimum Gasteiger partial charge on any atom is -0.508 e. The monoisotopic (exact) mass is 333 g/mol. The van der Waals surface area contributed by atoms with Gasteiger partial charge >= 0.3 is 0 Å². The number of aromatic hydroxyl groups is 1. The van der Waals surface area contributed by atoms with Gasteiger partial charge in [0.1, 0.15) is 18.1 Å². The van der Waals surface area contributed by atoms with Crippen molar-refractivity contribution >= 4 is 0 Å². The zero-order valence-electron chi connectivity index (χ0n) is 14.4. The molecule has 0 aliphatic heterocycles. The number of nitrogens with one attached hydrogen (secondary N) is 1. The molecule has 0 fully saturated rings. The van der Waals surface area contributed by atoms with Crippen LogP contribution in [0, 0.1) is 0 Å². The smallest absolute Gasteiger partial charge is 0.119 e. The average molecular weight is 333 g/mol. The minimum atomic E-state index is 0.233. The second-order valence-electron chi connectivity index (χ2n) is 6.11. The van der Waals surface area contributed by atoms with Crippen LogP contribution in [0.2, 0.25) is 0 Å². The first-order valence-corrected chi connectivity index (χ1v) is 8.49. The van der Waals surface area contributed by atoms with E-state index in [1.165, 1.54) is 5.56 Å². The molecule has 3 aromatic carbocycles. The Morgan fingerprint density at radius 1 is 0.840 bits per heavy atom. The van der Waals surface area contributed by atoms with Gasteiger partial charge in [0.05, 0.1) is 0 Å². The Bertz CT molecular complexity index is 767. The fourth-order valence-corrected chi connectivity index (χ4v) is 2.60. The summed E-state index contributed by atoms with van der Waals surface area (Å²) in [4.78, 5) is 0. The fourth-order valence-electron chi connectivity index (χ4n) is 2.60. The molecule has 3 rings (SSSR count). The van der Waals surface area contributed by atoms with Gasteiger partial charge in [-0.3, -0.25) is 0 Å². The quantitative estimate of drug-likeness (QED) is 0.651. The van der Waals surface area contributed by atoms with Crippen molar-refractivity contribution in [1.82, 2.24) is 5.32 Å². The van der Waals surface area contributed by atoms with Crippen LogP contribution in [-0.4, -0.2) is 5.11 Å². The molecule has 2 N–H and O–H groups in total. The molecular formula is C22H23NO2. The topological polar surface area (TPSA) is 41.5 Å². The molecule has 0 aromatic heterocycles. The molecule has 128 valence electrons. The number of hydrogen-bond donors (Lipinski definition) is 2. The molecule has 1 atom stereocenters. The molecule has 0 bridgehead atoms. The number of phenolic OH excluding ortho intramolecular Hbond substituents is 1. The molecule has 0 amide bonds. The highest BCUT2D eigenvalue weighted by atomic mass is 16.5. The molecule has 0 saturated carbocycles. The summed E-state index contributed by atoms with van der Waals surface area (Å²) in [6, 6.07) is 25.9. The first kappa shape index (κ1) is 17.1. The van der Waals surface area contributed by atoms with E-state index in [2.05, 4.69) is 36.5 Å². The van der Waals surface area contributed by atoms with Crippen LogP contribution in [0.1, 0.15) is 29.7 Å². The van der Waals surface area contributed by atoms with Gasteiger partial charge in [-0.15, -0.1) is 0 Å². The molecule has 3 aromatic rings. The molecular weight excluding hydrogens is 310 g/mol. The maximum absolute atomic E-state index is 9.32. The van der Waals surface area contributed by atoms with E-state index in [9.17, 15) is 5.11 Å². The SMILES string of the molecule is CC(NCc1ccc(O)cc1)c1ccc(OCc2ccccc2)cc1. The molecule has 0 saturated heterocycles. The van der Waals surface area contributed by atoms with E-state index >= 15 is 0 Å². The zero-order valence-corrected chi connectivity index (χ0v) is 14.4. The number of benzene rings is 3. The lowest BCUT2D eigenvalue weighted by Crippen LogP contribution is -2.17. The highest BCUT2D eigenvalue weighted by Crippen LogP contribution is 2.19. The summed E-state index contributed by atoms with van der Waals surface area (Å²) in [5, 5.41) is 12.8. The molecule has 3 nitrogen and oxygen atoms in total. The van der Waals surface area contributed by atoms with Crippen molar-refractivity contribution in [2.75, 3.05) is 0 Å². The van der Waals surface area contributed by atoms with E-state index in [4.69, 9.17) is 4.74 Å². The van der Waals surface area contributed by atoms with Crippen molar-refractivity contribution in [1.29, 1.82) is 0 Å². The largest absolute Gasteiger partial charge is 0.508 e. The van der Waals surface area contributed by atoms with Crippen LogP contribution in [0.25, 0.3) is 0 Å². The summed E-state index contributed by atoms with van der Waals surface area (Å²) < 4.78 is 5.82. The van der Waals surface area contributed by atoms with Crippen LogP contribution in [0.3, 0.4) is 0 Å². The lowest BCUT2D eigenvalue weighted by Gasteiger charge is -2.15. The highest BCUT2D eigenvalue weighted by Gasteiger charge is 2.05. The van der Waals surface area contributed by atoms with Crippen molar-refractivity contribution in [3.63, 3.8) is 0 Å². The van der Waals surface area contributed by atoms with Gasteiger partial charge < -0.3 is 15.2 Å². The minimum absolute atomic E-state index is 0.233. The maximum Gasteiger partial charge on any atom is 0.119 e. The Labute approximate surface area is 148 Å². The van der Waals surface area contributed by atoms with E-state index in [0.717, 1.165) is 23.4 Å². The summed E-state index contributed by atoms with van der Waals surface area (Å²) in [6.07, 6.45) is 0. The Hall–Kier alpha value is -2.78. The number of ether oxygens (including phenoxy) is 1. The van der Waals surface area contributed by atoms with Crippen molar-refractivity contribution in [2.45, 2.75) is 26.1 Å². The van der Waals surface area contributed by atoms with Gasteiger partial charge in [-0.05, 0) is 47.9 Å². The Balaban J connectivity index is 1.51. The molecule has 3 heteroatoms. The van der Waals surface area contributed by atoms with Gasteiger partial charge in [0.15, 0.2) is 0 Å². The Morgan fingerprint density at radius 2 is 1.52 bits per heavy atom. The van der Waals surface area contributed by atoms with Gasteiger partial charge in [0, 0.05) is 12.6 Å². The van der Waals surface area contributed by atoms with E-state index < -0.39 is 0 Å². The van der Waals surface area contributed by atoms with Gasteiger partial charge in [0.25, 0.3) is 0 Å². The summed E-state index contributed by atoms with van der Waals surface area (Å²) in [7, 11) is 0. The molecule has 25 heavy (non-hydrogen) atoms. The van der Waals surface area contributed by atoms with Gasteiger partial charge in [-0.25, -0.2) is 0 Å². The van der Waals surface area contributed by atoms with Crippen LogP contribution in [-0.2, 0) is 13.2 Å². The third kappa shape index (κ3) is 5.10. The van der Waals surface area contributed by atoms with Gasteiger partial charge in [-0.1, -0.05) is 54.6 Å². The third-order valence-corrected chi connectivity index (χ3v) is 4.18. The first-order chi connectivity index (χ1) is 12.2. The lowest BCUT2D eigenvalue weighted by atomic mass is 10.1. The second-order valence-corrected chi connectivity index (χ2v) is 6.11.